The third-order valence-electron chi connectivity index (χ3n) is 3.11. The van der Waals surface area contributed by atoms with Gasteiger partial charge in [-0.2, -0.15) is 0 Å². The second kappa shape index (κ2) is 4.27. The number of pyridine rings is 1. The fraction of sp³-hybridized carbons (Fsp3) is 0.545. The molecule has 1 heterocycles. The molecular weight excluding hydrogens is 210 g/mol. The standard InChI is InChI=1S/C11H16ClN3/c1-7(8-3-2-4-8)15-11-10(13)5-9(12)6-14-11/h5-8H,2-4,13H2,1H3,(H,14,15). The van der Waals surface area contributed by atoms with Crippen molar-refractivity contribution in [3.8, 4) is 0 Å². The zero-order valence-electron chi connectivity index (χ0n) is 8.83. The Morgan fingerprint density at radius 3 is 2.87 bits per heavy atom. The Kier molecular flexibility index (Phi) is 3.00. The van der Waals surface area contributed by atoms with Gasteiger partial charge in [0.05, 0.1) is 10.7 Å². The molecule has 0 amide bonds. The Morgan fingerprint density at radius 1 is 1.60 bits per heavy atom. The monoisotopic (exact) mass is 225 g/mol. The van der Waals surface area contributed by atoms with Gasteiger partial charge in [-0.05, 0) is 31.7 Å². The summed E-state index contributed by atoms with van der Waals surface area (Å²) in [4.78, 5) is 4.19. The SMILES string of the molecule is CC(Nc1ncc(Cl)cc1N)C1CCC1. The number of aromatic nitrogens is 1. The molecule has 82 valence electrons. The van der Waals surface area contributed by atoms with Crippen LogP contribution >= 0.6 is 11.6 Å². The predicted octanol–water partition coefficient (Wildman–Crippen LogP) is 2.92. The Bertz CT molecular complexity index is 350. The van der Waals surface area contributed by atoms with Crippen LogP contribution in [0.3, 0.4) is 0 Å². The van der Waals surface area contributed by atoms with Gasteiger partial charge in [-0.3, -0.25) is 0 Å². The van der Waals surface area contributed by atoms with E-state index in [-0.39, 0.29) is 0 Å². The van der Waals surface area contributed by atoms with E-state index in [1.807, 2.05) is 0 Å². The highest BCUT2D eigenvalue weighted by molar-refractivity contribution is 6.30. The molecule has 1 atom stereocenters. The fourth-order valence-corrected chi connectivity index (χ4v) is 2.02. The Morgan fingerprint density at radius 2 is 2.33 bits per heavy atom. The van der Waals surface area contributed by atoms with E-state index in [2.05, 4.69) is 17.2 Å². The molecule has 0 bridgehead atoms. The van der Waals surface area contributed by atoms with Crippen LogP contribution < -0.4 is 11.1 Å². The van der Waals surface area contributed by atoms with Crippen molar-refractivity contribution in [3.63, 3.8) is 0 Å². The molecule has 0 spiro atoms. The molecule has 0 saturated heterocycles. The topological polar surface area (TPSA) is 50.9 Å². The lowest BCUT2D eigenvalue weighted by molar-refractivity contribution is 0.285. The summed E-state index contributed by atoms with van der Waals surface area (Å²) in [6, 6.07) is 2.17. The van der Waals surface area contributed by atoms with E-state index < -0.39 is 0 Å². The Labute approximate surface area is 95.0 Å². The van der Waals surface area contributed by atoms with Crippen LogP contribution in [0.25, 0.3) is 0 Å². The summed E-state index contributed by atoms with van der Waals surface area (Å²) in [7, 11) is 0. The average Bonchev–Trinajstić information content (AvgIpc) is 2.07. The quantitative estimate of drug-likeness (QED) is 0.832. The van der Waals surface area contributed by atoms with Gasteiger partial charge in [0.15, 0.2) is 0 Å². The highest BCUT2D eigenvalue weighted by Gasteiger charge is 2.24. The van der Waals surface area contributed by atoms with Gasteiger partial charge in [0.25, 0.3) is 0 Å². The molecule has 15 heavy (non-hydrogen) atoms. The zero-order chi connectivity index (χ0) is 10.8. The van der Waals surface area contributed by atoms with Crippen molar-refractivity contribution in [1.82, 2.24) is 4.98 Å². The number of anilines is 2. The number of hydrogen-bond donors (Lipinski definition) is 2. The molecule has 1 aliphatic carbocycles. The van der Waals surface area contributed by atoms with Gasteiger partial charge in [0, 0.05) is 12.2 Å². The molecule has 1 aliphatic rings. The van der Waals surface area contributed by atoms with Crippen LogP contribution in [0.15, 0.2) is 12.3 Å². The van der Waals surface area contributed by atoms with E-state index in [9.17, 15) is 0 Å². The average molecular weight is 226 g/mol. The summed E-state index contributed by atoms with van der Waals surface area (Å²) in [5.74, 6) is 1.51. The smallest absolute Gasteiger partial charge is 0.149 e. The Balaban J connectivity index is 2.03. The van der Waals surface area contributed by atoms with Gasteiger partial charge in [0.2, 0.25) is 0 Å². The molecule has 4 heteroatoms. The minimum absolute atomic E-state index is 0.440. The van der Waals surface area contributed by atoms with Crippen LogP contribution in [0.5, 0.6) is 0 Å². The van der Waals surface area contributed by atoms with Crippen molar-refractivity contribution >= 4 is 23.1 Å². The molecule has 2 rings (SSSR count). The molecule has 1 saturated carbocycles. The highest BCUT2D eigenvalue weighted by atomic mass is 35.5. The maximum atomic E-state index is 5.82. The van der Waals surface area contributed by atoms with E-state index in [0.717, 1.165) is 11.7 Å². The molecule has 3 N–H and O–H groups in total. The van der Waals surface area contributed by atoms with Crippen LogP contribution in [0, 0.1) is 5.92 Å². The molecule has 1 aromatic rings. The molecule has 3 nitrogen and oxygen atoms in total. The van der Waals surface area contributed by atoms with Crippen molar-refractivity contribution in [2.75, 3.05) is 11.1 Å². The van der Waals surface area contributed by atoms with Crippen molar-refractivity contribution in [2.24, 2.45) is 5.92 Å². The lowest BCUT2D eigenvalue weighted by Crippen LogP contribution is -2.31. The summed E-state index contributed by atoms with van der Waals surface area (Å²) in [5.41, 5.74) is 6.44. The molecule has 1 fully saturated rings. The minimum atomic E-state index is 0.440. The van der Waals surface area contributed by atoms with Crippen LogP contribution in [0.4, 0.5) is 11.5 Å². The number of nitrogens with two attached hydrogens (primary N) is 1. The van der Waals surface area contributed by atoms with Crippen LogP contribution in [0.1, 0.15) is 26.2 Å². The van der Waals surface area contributed by atoms with Gasteiger partial charge in [0.1, 0.15) is 5.82 Å². The largest absolute Gasteiger partial charge is 0.396 e. The summed E-state index contributed by atoms with van der Waals surface area (Å²) in [5, 5.41) is 3.92. The first kappa shape index (κ1) is 10.6. The number of halogens is 1. The third-order valence-corrected chi connectivity index (χ3v) is 3.31. The van der Waals surface area contributed by atoms with E-state index >= 15 is 0 Å². The molecule has 1 unspecified atom stereocenters. The maximum absolute atomic E-state index is 5.82. The van der Waals surface area contributed by atoms with E-state index in [0.29, 0.717) is 16.8 Å². The molecule has 0 radical (unpaired) electrons. The first-order chi connectivity index (χ1) is 7.16. The first-order valence-corrected chi connectivity index (χ1v) is 5.72. The fourth-order valence-electron chi connectivity index (χ4n) is 1.85. The van der Waals surface area contributed by atoms with Gasteiger partial charge >= 0.3 is 0 Å². The van der Waals surface area contributed by atoms with Crippen LogP contribution in [-0.4, -0.2) is 11.0 Å². The van der Waals surface area contributed by atoms with Crippen molar-refractivity contribution in [3.05, 3.63) is 17.3 Å². The second-order valence-electron chi connectivity index (χ2n) is 4.22. The number of rotatable bonds is 3. The number of nitrogens with zero attached hydrogens (tertiary/aromatic N) is 1. The maximum Gasteiger partial charge on any atom is 0.149 e. The number of nitrogens with one attached hydrogen (secondary N) is 1. The minimum Gasteiger partial charge on any atom is -0.396 e. The van der Waals surface area contributed by atoms with Crippen molar-refractivity contribution in [1.29, 1.82) is 0 Å². The zero-order valence-corrected chi connectivity index (χ0v) is 9.59. The second-order valence-corrected chi connectivity index (χ2v) is 4.65. The van der Waals surface area contributed by atoms with Crippen LogP contribution in [0.2, 0.25) is 5.02 Å². The number of nitrogen functional groups attached to an aromatic ring is 1. The summed E-state index contributed by atoms with van der Waals surface area (Å²) in [6.07, 6.45) is 5.58. The van der Waals surface area contributed by atoms with Gasteiger partial charge in [-0.15, -0.1) is 0 Å². The van der Waals surface area contributed by atoms with E-state index in [1.54, 1.807) is 12.3 Å². The van der Waals surface area contributed by atoms with E-state index in [1.165, 1.54) is 19.3 Å². The summed E-state index contributed by atoms with van der Waals surface area (Å²) in [6.45, 7) is 2.18. The Hall–Kier alpha value is -0.960. The lowest BCUT2D eigenvalue weighted by atomic mass is 9.80. The van der Waals surface area contributed by atoms with Gasteiger partial charge in [-0.1, -0.05) is 18.0 Å². The number of hydrogen-bond acceptors (Lipinski definition) is 3. The summed E-state index contributed by atoms with van der Waals surface area (Å²) >= 11 is 5.78. The molecule has 1 aromatic heterocycles. The predicted molar refractivity (Wildman–Crippen MR) is 64.1 cm³/mol. The third kappa shape index (κ3) is 2.34. The normalized spacial score (nSPS) is 18.3. The molecule has 0 aliphatic heterocycles. The van der Waals surface area contributed by atoms with Crippen molar-refractivity contribution < 1.29 is 0 Å². The lowest BCUT2D eigenvalue weighted by Gasteiger charge is -2.32. The highest BCUT2D eigenvalue weighted by Crippen LogP contribution is 2.31. The van der Waals surface area contributed by atoms with Crippen LogP contribution in [-0.2, 0) is 0 Å². The first-order valence-electron chi connectivity index (χ1n) is 5.34. The van der Waals surface area contributed by atoms with Crippen molar-refractivity contribution in [2.45, 2.75) is 32.2 Å². The van der Waals surface area contributed by atoms with Gasteiger partial charge in [-0.25, -0.2) is 4.98 Å². The molecule has 0 aromatic carbocycles. The van der Waals surface area contributed by atoms with Gasteiger partial charge < -0.3 is 11.1 Å². The van der Waals surface area contributed by atoms with E-state index in [4.69, 9.17) is 17.3 Å². The summed E-state index contributed by atoms with van der Waals surface area (Å²) < 4.78 is 0. The molecular formula is C11H16ClN3.